The van der Waals surface area contributed by atoms with Gasteiger partial charge in [-0.05, 0) is 38.1 Å². The summed E-state index contributed by atoms with van der Waals surface area (Å²) in [5, 5.41) is 5.10. The lowest BCUT2D eigenvalue weighted by Gasteiger charge is -2.12. The average molecular weight is 398 g/mol. The molecule has 3 aromatic rings. The fourth-order valence-electron chi connectivity index (χ4n) is 3.03. The standard InChI is InChI=1S/C21H22N2O6/c1-11-9-16(24)20-19(28-11)15(10-17(25)23-12(2)21(26)22-3)18(29-20)13-5-7-14(27-4)8-6-13/h5-9,12H,10H2,1-4H3,(H,22,26)(H,23,25)/t12-/m0/s1. The number of fused-ring (bicyclic) bond motifs is 1. The smallest absolute Gasteiger partial charge is 0.242 e. The highest BCUT2D eigenvalue weighted by atomic mass is 16.5. The van der Waals surface area contributed by atoms with Crippen LogP contribution >= 0.6 is 0 Å². The summed E-state index contributed by atoms with van der Waals surface area (Å²) in [6, 6.07) is 7.66. The Morgan fingerprint density at radius 3 is 2.45 bits per heavy atom. The highest BCUT2D eigenvalue weighted by Gasteiger charge is 2.24. The molecule has 0 spiro atoms. The monoisotopic (exact) mass is 398 g/mol. The Kier molecular flexibility index (Phi) is 5.72. The molecule has 8 nitrogen and oxygen atoms in total. The maximum Gasteiger partial charge on any atom is 0.242 e. The Labute approximate surface area is 166 Å². The van der Waals surface area contributed by atoms with Crippen molar-refractivity contribution < 1.29 is 23.2 Å². The van der Waals surface area contributed by atoms with Gasteiger partial charge in [0.25, 0.3) is 0 Å². The zero-order valence-corrected chi connectivity index (χ0v) is 16.6. The van der Waals surface area contributed by atoms with E-state index in [1.807, 2.05) is 0 Å². The number of furan rings is 1. The van der Waals surface area contributed by atoms with Gasteiger partial charge in [-0.2, -0.15) is 0 Å². The lowest BCUT2D eigenvalue weighted by molar-refractivity contribution is -0.127. The average Bonchev–Trinajstić information content (AvgIpc) is 3.05. The van der Waals surface area contributed by atoms with Gasteiger partial charge in [-0.25, -0.2) is 0 Å². The summed E-state index contributed by atoms with van der Waals surface area (Å²) >= 11 is 0. The van der Waals surface area contributed by atoms with Crippen LogP contribution in [0.25, 0.3) is 22.5 Å². The molecule has 0 aliphatic carbocycles. The first kappa shape index (κ1) is 20.2. The summed E-state index contributed by atoms with van der Waals surface area (Å²) in [5.74, 6) is 0.714. The highest BCUT2D eigenvalue weighted by Crippen LogP contribution is 2.34. The summed E-state index contributed by atoms with van der Waals surface area (Å²) in [7, 11) is 3.05. The summed E-state index contributed by atoms with van der Waals surface area (Å²) in [6.45, 7) is 3.23. The predicted octanol–water partition coefficient (Wildman–Crippen LogP) is 2.16. The Morgan fingerprint density at radius 2 is 1.83 bits per heavy atom. The van der Waals surface area contributed by atoms with Crippen LogP contribution in [-0.2, 0) is 16.0 Å². The SMILES string of the molecule is CNC(=O)[C@H](C)NC(=O)Cc1c(-c2ccc(OC)cc2)oc2c(=O)cc(C)oc12. The Balaban J connectivity index is 2.06. The lowest BCUT2D eigenvalue weighted by atomic mass is 10.0. The van der Waals surface area contributed by atoms with Gasteiger partial charge in [0.15, 0.2) is 5.58 Å². The van der Waals surface area contributed by atoms with Crippen LogP contribution in [0, 0.1) is 6.92 Å². The fraction of sp³-hybridized carbons (Fsp3) is 0.286. The first-order chi connectivity index (χ1) is 13.8. The number of hydrogen-bond donors (Lipinski definition) is 2. The largest absolute Gasteiger partial charge is 0.497 e. The van der Waals surface area contributed by atoms with E-state index in [9.17, 15) is 14.4 Å². The summed E-state index contributed by atoms with van der Waals surface area (Å²) < 4.78 is 16.7. The molecule has 0 fully saturated rings. The van der Waals surface area contributed by atoms with E-state index in [-0.39, 0.29) is 28.9 Å². The molecule has 1 aromatic carbocycles. The maximum atomic E-state index is 12.6. The second kappa shape index (κ2) is 8.22. The minimum atomic E-state index is -0.705. The first-order valence-corrected chi connectivity index (χ1v) is 9.05. The topological polar surface area (TPSA) is 111 Å². The van der Waals surface area contributed by atoms with Crippen molar-refractivity contribution in [2.75, 3.05) is 14.2 Å². The molecule has 0 bridgehead atoms. The number of hydrogen-bond acceptors (Lipinski definition) is 6. The van der Waals surface area contributed by atoms with Gasteiger partial charge in [-0.3, -0.25) is 14.4 Å². The van der Waals surface area contributed by atoms with E-state index in [1.165, 1.54) is 13.1 Å². The molecule has 1 atom stereocenters. The van der Waals surface area contributed by atoms with Crippen molar-refractivity contribution in [2.45, 2.75) is 26.3 Å². The van der Waals surface area contributed by atoms with Crippen molar-refractivity contribution in [3.63, 3.8) is 0 Å². The molecular formula is C21H22N2O6. The zero-order chi connectivity index (χ0) is 21.1. The summed E-state index contributed by atoms with van der Waals surface area (Å²) in [5.41, 5.74) is 1.04. The Hall–Kier alpha value is -3.55. The number of benzene rings is 1. The van der Waals surface area contributed by atoms with Crippen molar-refractivity contribution in [1.82, 2.24) is 10.6 Å². The molecule has 0 aliphatic rings. The number of methoxy groups -OCH3 is 1. The lowest BCUT2D eigenvalue weighted by Crippen LogP contribution is -2.44. The third-order valence-electron chi connectivity index (χ3n) is 4.49. The quantitative estimate of drug-likeness (QED) is 0.658. The number of ether oxygens (including phenoxy) is 1. The van der Waals surface area contributed by atoms with Crippen LogP contribution in [0.1, 0.15) is 18.2 Å². The Bertz CT molecular complexity index is 1110. The van der Waals surface area contributed by atoms with E-state index in [2.05, 4.69) is 10.6 Å². The molecule has 3 rings (SSSR count). The fourth-order valence-corrected chi connectivity index (χ4v) is 3.03. The van der Waals surface area contributed by atoms with Crippen LogP contribution in [0.2, 0.25) is 0 Å². The van der Waals surface area contributed by atoms with Gasteiger partial charge in [0.1, 0.15) is 23.3 Å². The van der Waals surface area contributed by atoms with E-state index in [4.69, 9.17) is 13.6 Å². The molecule has 2 amide bonds. The van der Waals surface area contributed by atoms with E-state index >= 15 is 0 Å². The van der Waals surface area contributed by atoms with Crippen LogP contribution in [0.5, 0.6) is 5.75 Å². The van der Waals surface area contributed by atoms with E-state index in [0.717, 1.165) is 0 Å². The number of aryl methyl sites for hydroxylation is 1. The minimum absolute atomic E-state index is 0.0450. The molecule has 2 aromatic heterocycles. The van der Waals surface area contributed by atoms with Crippen LogP contribution in [0.15, 0.2) is 44.0 Å². The molecule has 0 radical (unpaired) electrons. The zero-order valence-electron chi connectivity index (χ0n) is 16.6. The number of rotatable bonds is 6. The number of carbonyl (C=O) groups excluding carboxylic acids is 2. The van der Waals surface area contributed by atoms with Crippen molar-refractivity contribution in [3.05, 3.63) is 51.9 Å². The molecule has 2 N–H and O–H groups in total. The van der Waals surface area contributed by atoms with Crippen molar-refractivity contribution in [1.29, 1.82) is 0 Å². The number of nitrogens with one attached hydrogen (secondary N) is 2. The molecule has 0 unspecified atom stereocenters. The second-order valence-electron chi connectivity index (χ2n) is 6.60. The van der Waals surface area contributed by atoms with E-state index in [1.54, 1.807) is 45.2 Å². The predicted molar refractivity (Wildman–Crippen MR) is 107 cm³/mol. The van der Waals surface area contributed by atoms with Crippen LogP contribution in [-0.4, -0.2) is 32.0 Å². The molecule has 2 heterocycles. The molecular weight excluding hydrogens is 376 g/mol. The van der Waals surface area contributed by atoms with E-state index in [0.29, 0.717) is 28.4 Å². The highest BCUT2D eigenvalue weighted by molar-refractivity contribution is 5.92. The normalized spacial score (nSPS) is 11.9. The molecule has 29 heavy (non-hydrogen) atoms. The van der Waals surface area contributed by atoms with Crippen molar-refractivity contribution in [2.24, 2.45) is 0 Å². The van der Waals surface area contributed by atoms with Gasteiger partial charge < -0.3 is 24.2 Å². The first-order valence-electron chi connectivity index (χ1n) is 9.05. The van der Waals surface area contributed by atoms with Gasteiger partial charge in [-0.1, -0.05) is 0 Å². The number of amides is 2. The molecule has 0 saturated carbocycles. The van der Waals surface area contributed by atoms with Gasteiger partial charge in [0, 0.05) is 18.7 Å². The third-order valence-corrected chi connectivity index (χ3v) is 4.49. The molecule has 0 saturated heterocycles. The second-order valence-corrected chi connectivity index (χ2v) is 6.60. The molecule has 0 aliphatic heterocycles. The van der Waals surface area contributed by atoms with Gasteiger partial charge in [0.2, 0.25) is 22.8 Å². The van der Waals surface area contributed by atoms with Gasteiger partial charge in [0.05, 0.1) is 19.1 Å². The molecule has 152 valence electrons. The van der Waals surface area contributed by atoms with Crippen molar-refractivity contribution in [3.8, 4) is 17.1 Å². The summed E-state index contributed by atoms with van der Waals surface area (Å²) in [6.07, 6.45) is -0.123. The van der Waals surface area contributed by atoms with Crippen LogP contribution in [0.3, 0.4) is 0 Å². The number of likely N-dealkylation sites (N-methyl/N-ethyl adjacent to an activating group) is 1. The summed E-state index contributed by atoms with van der Waals surface area (Å²) in [4.78, 5) is 36.6. The number of carbonyl (C=O) groups is 2. The maximum absolute atomic E-state index is 12.6. The molecule has 8 heteroatoms. The van der Waals surface area contributed by atoms with E-state index < -0.39 is 11.9 Å². The van der Waals surface area contributed by atoms with Gasteiger partial charge >= 0.3 is 0 Å². The minimum Gasteiger partial charge on any atom is -0.497 e. The van der Waals surface area contributed by atoms with Crippen molar-refractivity contribution >= 4 is 23.0 Å². The van der Waals surface area contributed by atoms with Crippen LogP contribution < -0.4 is 20.8 Å². The third kappa shape index (κ3) is 4.16. The van der Waals surface area contributed by atoms with Gasteiger partial charge in [-0.15, -0.1) is 0 Å². The Morgan fingerprint density at radius 1 is 1.14 bits per heavy atom. The van der Waals surface area contributed by atoms with Crippen LogP contribution in [0.4, 0.5) is 0 Å².